The fourth-order valence-corrected chi connectivity index (χ4v) is 10.1. The van der Waals surface area contributed by atoms with Gasteiger partial charge in [0.15, 0.2) is 20.6 Å². The van der Waals surface area contributed by atoms with Gasteiger partial charge in [-0.05, 0) is 48.5 Å². The van der Waals surface area contributed by atoms with Crippen molar-refractivity contribution in [3.63, 3.8) is 0 Å². The number of para-hydroxylation sites is 8. The molecule has 0 spiro atoms. The third kappa shape index (κ3) is 5.53. The molecule has 0 fully saturated rings. The fourth-order valence-electron chi connectivity index (χ4n) is 6.10. The zero-order chi connectivity index (χ0) is 35.3. The van der Waals surface area contributed by atoms with E-state index in [2.05, 4.69) is 0 Å². The van der Waals surface area contributed by atoms with Crippen molar-refractivity contribution in [3.8, 4) is 0 Å². The summed E-state index contributed by atoms with van der Waals surface area (Å²) in [6, 6.07) is 28.8. The molecule has 0 atom stereocenters. The number of hydrogen-bond acceptors (Lipinski definition) is 12. The van der Waals surface area contributed by atoms with Gasteiger partial charge < -0.3 is 0 Å². The van der Waals surface area contributed by atoms with Crippen LogP contribution < -0.4 is 0 Å². The number of benzene rings is 4. The van der Waals surface area contributed by atoms with E-state index in [1.807, 2.05) is 24.3 Å². The molecule has 4 aromatic carbocycles. The standard InChI is InChI=1S/C36H24N8O4S4/c45-29-30(46)42-26-14-6-2-10-22(26)38-34(42)51-19-20-52-36-40-24-12-4-8-16-28(24)44(36)32(48)31(47)43-27-15-7-3-11-23(27)39-35(43)50-18-17-49-33-37-21-9-1-5-13-25(21)41(29)33/h1-16H,17-20H2. The number of carbonyl (C=O) groups is 4. The molecule has 0 amide bonds. The van der Waals surface area contributed by atoms with Crippen molar-refractivity contribution in [1.82, 2.24) is 38.2 Å². The van der Waals surface area contributed by atoms with Crippen molar-refractivity contribution < 1.29 is 19.2 Å². The summed E-state index contributed by atoms with van der Waals surface area (Å²) in [5.41, 5.74) is 4.38. The first-order valence-electron chi connectivity index (χ1n) is 16.1. The van der Waals surface area contributed by atoms with Gasteiger partial charge in [0.05, 0.1) is 44.1 Å². The van der Waals surface area contributed by atoms with E-state index >= 15 is 0 Å². The average molecular weight is 761 g/mol. The molecular formula is C36H24N8O4S4. The van der Waals surface area contributed by atoms with Crippen LogP contribution in [0.2, 0.25) is 0 Å². The summed E-state index contributed by atoms with van der Waals surface area (Å²) >= 11 is 5.26. The highest BCUT2D eigenvalue weighted by Gasteiger charge is 2.30. The van der Waals surface area contributed by atoms with Gasteiger partial charge in [-0.1, -0.05) is 95.6 Å². The van der Waals surface area contributed by atoms with Gasteiger partial charge in [-0.2, -0.15) is 0 Å². The van der Waals surface area contributed by atoms with E-state index in [1.54, 1.807) is 72.8 Å². The first-order chi connectivity index (χ1) is 25.5. The van der Waals surface area contributed by atoms with Crippen LogP contribution in [0, 0.1) is 0 Å². The Balaban J connectivity index is 1.16. The average Bonchev–Trinajstić information content (AvgIpc) is 3.93. The Morgan fingerprint density at radius 2 is 0.558 bits per heavy atom. The summed E-state index contributed by atoms with van der Waals surface area (Å²) in [5.74, 6) is -1.22. The molecule has 0 radical (unpaired) electrons. The second kappa shape index (κ2) is 13.4. The van der Waals surface area contributed by atoms with Crippen LogP contribution in [0.1, 0.15) is 19.2 Å². The van der Waals surface area contributed by atoms with E-state index in [0.29, 0.717) is 87.8 Å². The molecule has 0 aliphatic carbocycles. The highest BCUT2D eigenvalue weighted by Crippen LogP contribution is 2.32. The molecule has 16 heteroatoms. The minimum Gasteiger partial charge on any atom is -0.263 e. The predicted octanol–water partition coefficient (Wildman–Crippen LogP) is 7.13. The first kappa shape index (κ1) is 32.7. The Bertz CT molecular complexity index is 2390. The van der Waals surface area contributed by atoms with E-state index in [4.69, 9.17) is 19.9 Å². The Morgan fingerprint density at radius 3 is 0.788 bits per heavy atom. The minimum absolute atomic E-state index is 0.365. The van der Waals surface area contributed by atoms with Crippen LogP contribution in [0.25, 0.3) is 44.1 Å². The lowest BCUT2D eigenvalue weighted by Gasteiger charge is -2.11. The number of carbonyl (C=O) groups excluding carboxylic acids is 4. The van der Waals surface area contributed by atoms with Crippen molar-refractivity contribution in [2.24, 2.45) is 0 Å². The van der Waals surface area contributed by atoms with Gasteiger partial charge in [-0.3, -0.25) is 19.2 Å². The molecule has 1 aliphatic rings. The van der Waals surface area contributed by atoms with Crippen LogP contribution in [-0.2, 0) is 0 Å². The molecule has 0 bridgehead atoms. The Kier molecular flexibility index (Phi) is 8.45. The van der Waals surface area contributed by atoms with Gasteiger partial charge in [0.1, 0.15) is 0 Å². The van der Waals surface area contributed by atoms with E-state index in [9.17, 15) is 19.2 Å². The summed E-state index contributed by atoms with van der Waals surface area (Å²) in [6.07, 6.45) is 0. The molecule has 0 saturated heterocycles. The fraction of sp³-hybridized carbons (Fsp3) is 0.111. The second-order valence-electron chi connectivity index (χ2n) is 11.5. The molecule has 9 rings (SSSR count). The molecule has 0 N–H and O–H groups in total. The van der Waals surface area contributed by atoms with Crippen LogP contribution in [0.3, 0.4) is 0 Å². The van der Waals surface area contributed by atoms with Crippen molar-refractivity contribution in [2.75, 3.05) is 23.0 Å². The number of imidazole rings is 4. The van der Waals surface area contributed by atoms with Gasteiger partial charge in [-0.25, -0.2) is 38.2 Å². The Labute approximate surface area is 311 Å². The SMILES string of the molecule is O=C1C(=O)n2c(nc3ccccc32)SCCSc2nc3ccccc3n2C(=O)C(=O)n2c(nc3ccccc32)SCCSc2nc3ccccc3n21. The third-order valence-electron chi connectivity index (χ3n) is 8.39. The van der Waals surface area contributed by atoms with Gasteiger partial charge >= 0.3 is 23.6 Å². The number of hydrogen-bond donors (Lipinski definition) is 0. The third-order valence-corrected chi connectivity index (χ3v) is 12.7. The van der Waals surface area contributed by atoms with Crippen molar-refractivity contribution in [2.45, 2.75) is 20.6 Å². The Hall–Kier alpha value is -5.16. The monoisotopic (exact) mass is 760 g/mol. The maximum absolute atomic E-state index is 14.2. The maximum Gasteiger partial charge on any atom is 0.323 e. The molecule has 1 aliphatic heterocycles. The zero-order valence-electron chi connectivity index (χ0n) is 26.9. The highest BCUT2D eigenvalue weighted by molar-refractivity contribution is 8.03. The van der Waals surface area contributed by atoms with E-state index < -0.39 is 23.6 Å². The topological polar surface area (TPSA) is 140 Å². The highest BCUT2D eigenvalue weighted by atomic mass is 32.2. The number of rotatable bonds is 0. The van der Waals surface area contributed by atoms with Gasteiger partial charge in [0, 0.05) is 23.0 Å². The lowest BCUT2D eigenvalue weighted by Crippen LogP contribution is -2.28. The molecular weight excluding hydrogens is 737 g/mol. The minimum atomic E-state index is -0.753. The molecule has 52 heavy (non-hydrogen) atoms. The summed E-state index contributed by atoms with van der Waals surface area (Å²) in [4.78, 5) is 75.9. The van der Waals surface area contributed by atoms with Crippen molar-refractivity contribution in [1.29, 1.82) is 0 Å². The summed E-state index contributed by atoms with van der Waals surface area (Å²) in [5, 5.41) is 1.46. The van der Waals surface area contributed by atoms with Crippen molar-refractivity contribution >= 4 is 115 Å². The number of thioether (sulfide) groups is 4. The summed E-state index contributed by atoms with van der Waals surface area (Å²) < 4.78 is 5.47. The molecule has 0 saturated carbocycles. The molecule has 8 aromatic rings. The van der Waals surface area contributed by atoms with E-state index in [1.165, 1.54) is 65.3 Å². The Morgan fingerprint density at radius 1 is 0.346 bits per heavy atom. The van der Waals surface area contributed by atoms with E-state index in [-0.39, 0.29) is 0 Å². The lowest BCUT2D eigenvalue weighted by atomic mass is 10.3. The maximum atomic E-state index is 14.2. The molecule has 0 unspecified atom stereocenters. The van der Waals surface area contributed by atoms with Crippen LogP contribution in [-0.4, -0.2) is 84.8 Å². The number of fused-ring (bicyclic) bond motifs is 12. The molecule has 4 aromatic heterocycles. The van der Waals surface area contributed by atoms with Gasteiger partial charge in [0.2, 0.25) is 0 Å². The van der Waals surface area contributed by atoms with Crippen molar-refractivity contribution in [3.05, 3.63) is 97.1 Å². The van der Waals surface area contributed by atoms with E-state index in [0.717, 1.165) is 0 Å². The summed E-state index contributed by atoms with van der Waals surface area (Å²) in [6.45, 7) is 0. The normalized spacial score (nSPS) is 15.2. The molecule has 256 valence electrons. The zero-order valence-corrected chi connectivity index (χ0v) is 30.2. The van der Waals surface area contributed by atoms with Crippen LogP contribution >= 0.6 is 47.0 Å². The first-order valence-corrected chi connectivity index (χ1v) is 20.0. The summed E-state index contributed by atoms with van der Waals surface area (Å²) in [7, 11) is 0. The number of aromatic nitrogens is 8. The molecule has 12 nitrogen and oxygen atoms in total. The van der Waals surface area contributed by atoms with Crippen LogP contribution in [0.5, 0.6) is 0 Å². The largest absolute Gasteiger partial charge is 0.323 e. The quantitative estimate of drug-likeness (QED) is 0.145. The second-order valence-corrected chi connectivity index (χ2v) is 15.7. The lowest BCUT2D eigenvalue weighted by molar-refractivity contribution is 0.0709. The van der Waals surface area contributed by atoms with Crippen LogP contribution in [0.4, 0.5) is 0 Å². The van der Waals surface area contributed by atoms with Gasteiger partial charge in [-0.15, -0.1) is 0 Å². The number of nitrogens with zero attached hydrogens (tertiary/aromatic N) is 8. The molecule has 5 heterocycles. The smallest absolute Gasteiger partial charge is 0.263 e. The van der Waals surface area contributed by atoms with Crippen LogP contribution in [0.15, 0.2) is 118 Å². The predicted molar refractivity (Wildman–Crippen MR) is 204 cm³/mol. The van der Waals surface area contributed by atoms with Gasteiger partial charge in [0.25, 0.3) is 0 Å².